The van der Waals surface area contributed by atoms with E-state index in [4.69, 9.17) is 14.6 Å². The van der Waals surface area contributed by atoms with Crippen molar-refractivity contribution in [3.63, 3.8) is 0 Å². The Labute approximate surface area is 172 Å². The number of aliphatic carboxylic acids is 1. The maximum absolute atomic E-state index is 12.6. The van der Waals surface area contributed by atoms with Crippen molar-refractivity contribution in [3.8, 4) is 16.9 Å². The van der Waals surface area contributed by atoms with Crippen molar-refractivity contribution < 1.29 is 29.0 Å². The minimum absolute atomic E-state index is 0.0588. The van der Waals surface area contributed by atoms with Crippen LogP contribution in [0.1, 0.15) is 40.6 Å². The first kappa shape index (κ1) is 20.9. The molecule has 0 saturated heterocycles. The molecule has 1 aliphatic carbocycles. The third-order valence-corrected chi connectivity index (χ3v) is 6.05. The molecule has 1 unspecified atom stereocenters. The summed E-state index contributed by atoms with van der Waals surface area (Å²) in [4.78, 5) is 36.9. The van der Waals surface area contributed by atoms with E-state index in [2.05, 4.69) is 5.32 Å². The number of carbonyl (C=O) groups excluding carboxylic acids is 2. The van der Waals surface area contributed by atoms with Crippen LogP contribution in [0.2, 0.25) is 0 Å². The van der Waals surface area contributed by atoms with Gasteiger partial charge < -0.3 is 19.9 Å². The molecule has 2 N–H and O–H groups in total. The van der Waals surface area contributed by atoms with Gasteiger partial charge in [-0.3, -0.25) is 9.59 Å². The number of esters is 1. The molecule has 1 heterocycles. The number of carbonyl (C=O) groups is 3. The first-order valence-corrected chi connectivity index (χ1v) is 10.1. The summed E-state index contributed by atoms with van der Waals surface area (Å²) in [7, 11) is 2.92. The van der Waals surface area contributed by atoms with Crippen molar-refractivity contribution in [1.29, 1.82) is 0 Å². The molecule has 0 saturated carbocycles. The van der Waals surface area contributed by atoms with Crippen LogP contribution >= 0.6 is 11.3 Å². The number of ether oxygens (including phenoxy) is 2. The third-order valence-electron chi connectivity index (χ3n) is 4.88. The molecular formula is C21H23NO6S. The van der Waals surface area contributed by atoms with Crippen molar-refractivity contribution in [3.05, 3.63) is 34.2 Å². The van der Waals surface area contributed by atoms with Crippen LogP contribution in [0.15, 0.2) is 18.2 Å². The summed E-state index contributed by atoms with van der Waals surface area (Å²) >= 11 is 1.37. The Kier molecular flexibility index (Phi) is 6.22. The molecule has 0 aliphatic heterocycles. The van der Waals surface area contributed by atoms with Gasteiger partial charge in [-0.05, 0) is 42.0 Å². The molecule has 0 fully saturated rings. The van der Waals surface area contributed by atoms with E-state index in [9.17, 15) is 14.4 Å². The van der Waals surface area contributed by atoms with Crippen LogP contribution in [0.25, 0.3) is 11.1 Å². The summed E-state index contributed by atoms with van der Waals surface area (Å²) in [5, 5.41) is 12.1. The molecule has 0 radical (unpaired) electrons. The zero-order valence-corrected chi connectivity index (χ0v) is 17.4. The Morgan fingerprint density at radius 1 is 1.21 bits per heavy atom. The number of methoxy groups -OCH3 is 2. The lowest BCUT2D eigenvalue weighted by Crippen LogP contribution is -2.18. The predicted octanol–water partition coefficient (Wildman–Crippen LogP) is 3.75. The number of benzene rings is 1. The van der Waals surface area contributed by atoms with Crippen LogP contribution in [0.4, 0.5) is 5.00 Å². The van der Waals surface area contributed by atoms with Crippen molar-refractivity contribution in [2.24, 2.45) is 5.92 Å². The van der Waals surface area contributed by atoms with Gasteiger partial charge in [0.05, 0.1) is 14.2 Å². The van der Waals surface area contributed by atoms with Crippen molar-refractivity contribution in [2.45, 2.75) is 32.6 Å². The van der Waals surface area contributed by atoms with E-state index >= 15 is 0 Å². The second kappa shape index (κ2) is 8.65. The van der Waals surface area contributed by atoms with Gasteiger partial charge in [-0.1, -0.05) is 13.0 Å². The van der Waals surface area contributed by atoms with E-state index in [1.165, 1.54) is 18.4 Å². The van der Waals surface area contributed by atoms with Crippen LogP contribution in [0.3, 0.4) is 0 Å². The van der Waals surface area contributed by atoms with Crippen molar-refractivity contribution >= 4 is 34.2 Å². The summed E-state index contributed by atoms with van der Waals surface area (Å²) in [5.41, 5.74) is 3.15. The zero-order valence-electron chi connectivity index (χ0n) is 16.5. The Morgan fingerprint density at radius 2 is 1.97 bits per heavy atom. The van der Waals surface area contributed by atoms with E-state index in [1.54, 1.807) is 14.0 Å². The number of carboxylic acid groups (broad SMARTS) is 1. The van der Waals surface area contributed by atoms with Gasteiger partial charge in [-0.2, -0.15) is 0 Å². The van der Waals surface area contributed by atoms with Crippen LogP contribution < -0.4 is 10.1 Å². The lowest BCUT2D eigenvalue weighted by molar-refractivity contribution is -0.138. The summed E-state index contributed by atoms with van der Waals surface area (Å²) in [5.74, 6) is -1.34. The largest absolute Gasteiger partial charge is 0.497 e. The number of amides is 1. The highest BCUT2D eigenvalue weighted by Gasteiger charge is 2.30. The normalized spacial score (nSPS) is 13.1. The molecule has 0 spiro atoms. The number of thiophene rings is 1. The molecule has 1 amide bonds. The smallest absolute Gasteiger partial charge is 0.341 e. The molecule has 3 rings (SSSR count). The fourth-order valence-electron chi connectivity index (χ4n) is 3.58. The van der Waals surface area contributed by atoms with E-state index in [1.807, 2.05) is 18.2 Å². The van der Waals surface area contributed by atoms with Crippen LogP contribution in [-0.2, 0) is 27.2 Å². The zero-order chi connectivity index (χ0) is 21.1. The Morgan fingerprint density at radius 3 is 2.62 bits per heavy atom. The van der Waals surface area contributed by atoms with Gasteiger partial charge in [-0.25, -0.2) is 4.79 Å². The Bertz CT molecular complexity index is 964. The maximum Gasteiger partial charge on any atom is 0.341 e. The SMILES string of the molecule is COC(=O)c1c(NC(=O)CC(C)CC(=O)O)sc2c1-c1ccc(OC)cc1CC2. The number of carboxylic acids is 1. The number of hydrogen-bond acceptors (Lipinski definition) is 6. The predicted molar refractivity (Wildman–Crippen MR) is 110 cm³/mol. The quantitative estimate of drug-likeness (QED) is 0.666. The number of fused-ring (bicyclic) bond motifs is 3. The summed E-state index contributed by atoms with van der Waals surface area (Å²) in [6.07, 6.45) is 1.52. The van der Waals surface area contributed by atoms with Gasteiger partial charge in [0.25, 0.3) is 0 Å². The van der Waals surface area contributed by atoms with E-state index in [0.29, 0.717) is 10.6 Å². The highest BCUT2D eigenvalue weighted by Crippen LogP contribution is 2.46. The van der Waals surface area contributed by atoms with Crippen molar-refractivity contribution in [2.75, 3.05) is 19.5 Å². The standard InChI is InChI=1S/C21H23NO6S/c1-11(9-17(24)25)8-16(23)22-20-19(21(26)28-3)18-14-6-5-13(27-2)10-12(14)4-7-15(18)29-20/h5-6,10-11H,4,7-9H2,1-3H3,(H,22,23)(H,24,25). The first-order valence-electron chi connectivity index (χ1n) is 9.27. The summed E-state index contributed by atoms with van der Waals surface area (Å²) < 4.78 is 10.3. The fraction of sp³-hybridized carbons (Fsp3) is 0.381. The molecule has 1 aliphatic rings. The minimum Gasteiger partial charge on any atom is -0.497 e. The van der Waals surface area contributed by atoms with E-state index in [-0.39, 0.29) is 24.7 Å². The topological polar surface area (TPSA) is 102 Å². The van der Waals surface area contributed by atoms with Gasteiger partial charge in [0.15, 0.2) is 0 Å². The van der Waals surface area contributed by atoms with E-state index in [0.717, 1.165) is 40.2 Å². The van der Waals surface area contributed by atoms with Gasteiger partial charge in [-0.15, -0.1) is 11.3 Å². The number of aryl methyl sites for hydroxylation is 2. The van der Waals surface area contributed by atoms with Crippen LogP contribution in [-0.4, -0.2) is 37.2 Å². The second-order valence-electron chi connectivity index (χ2n) is 7.07. The number of rotatable bonds is 7. The maximum atomic E-state index is 12.6. The average molecular weight is 417 g/mol. The molecule has 7 nitrogen and oxygen atoms in total. The molecule has 0 bridgehead atoms. The minimum atomic E-state index is -0.945. The molecule has 154 valence electrons. The van der Waals surface area contributed by atoms with Gasteiger partial charge >= 0.3 is 11.9 Å². The molecular weight excluding hydrogens is 394 g/mol. The lowest BCUT2D eigenvalue weighted by Gasteiger charge is -2.18. The van der Waals surface area contributed by atoms with Gasteiger partial charge in [0, 0.05) is 23.3 Å². The van der Waals surface area contributed by atoms with Gasteiger partial charge in [0.1, 0.15) is 16.3 Å². The fourth-order valence-corrected chi connectivity index (χ4v) is 4.80. The number of hydrogen-bond donors (Lipinski definition) is 2. The van der Waals surface area contributed by atoms with Crippen LogP contribution in [0, 0.1) is 5.92 Å². The molecule has 8 heteroatoms. The summed E-state index contributed by atoms with van der Waals surface area (Å²) in [6, 6.07) is 5.73. The lowest BCUT2D eigenvalue weighted by atomic mass is 9.88. The summed E-state index contributed by atoms with van der Waals surface area (Å²) in [6.45, 7) is 1.71. The van der Waals surface area contributed by atoms with Crippen molar-refractivity contribution in [1.82, 2.24) is 0 Å². The third kappa shape index (κ3) is 4.42. The number of nitrogens with one attached hydrogen (secondary N) is 1. The molecule has 1 atom stereocenters. The monoisotopic (exact) mass is 417 g/mol. The first-order chi connectivity index (χ1) is 13.8. The Balaban J connectivity index is 1.96. The molecule has 29 heavy (non-hydrogen) atoms. The second-order valence-corrected chi connectivity index (χ2v) is 8.18. The van der Waals surface area contributed by atoms with Gasteiger partial charge in [0.2, 0.25) is 5.91 Å². The molecule has 2 aromatic rings. The number of anilines is 1. The molecule has 1 aromatic carbocycles. The highest BCUT2D eigenvalue weighted by atomic mass is 32.1. The van der Waals surface area contributed by atoms with E-state index < -0.39 is 11.9 Å². The Hall–Kier alpha value is -2.87. The average Bonchev–Trinajstić information content (AvgIpc) is 3.04. The molecule has 1 aromatic heterocycles. The highest BCUT2D eigenvalue weighted by molar-refractivity contribution is 7.17. The van der Waals surface area contributed by atoms with Crippen LogP contribution in [0.5, 0.6) is 5.75 Å².